The zero-order chi connectivity index (χ0) is 9.61. The summed E-state index contributed by atoms with van der Waals surface area (Å²) >= 11 is 0. The summed E-state index contributed by atoms with van der Waals surface area (Å²) in [5, 5.41) is 8.20. The molecule has 5 nitrogen and oxygen atoms in total. The maximum atomic E-state index is 10.9. The monoisotopic (exact) mass is 195 g/mol. The molecule has 0 spiro atoms. The van der Waals surface area contributed by atoms with Crippen LogP contribution in [0, 0.1) is 0 Å². The molecule has 6 heteroatoms. The number of carboxylic acids is 1. The molecule has 0 bridgehead atoms. The number of hydrogen-bond donors (Lipinski definition) is 2. The first-order valence-corrected chi connectivity index (χ1v) is 5.42. The fourth-order valence-electron chi connectivity index (χ4n) is 0.727. The largest absolute Gasteiger partial charge is 0.480 e. The van der Waals surface area contributed by atoms with E-state index in [0.717, 1.165) is 0 Å². The van der Waals surface area contributed by atoms with Crippen LogP contribution in [0.5, 0.6) is 0 Å². The van der Waals surface area contributed by atoms with E-state index in [2.05, 4.69) is 0 Å². The molecule has 0 aliphatic heterocycles. The van der Waals surface area contributed by atoms with Crippen LogP contribution in [0.4, 0.5) is 0 Å². The van der Waals surface area contributed by atoms with Crippen LogP contribution in [0.3, 0.4) is 0 Å². The lowest BCUT2D eigenvalue weighted by molar-refractivity contribution is -0.134. The first-order valence-electron chi connectivity index (χ1n) is 3.60. The van der Waals surface area contributed by atoms with Crippen LogP contribution in [0.2, 0.25) is 0 Å². The quantitative estimate of drug-likeness (QED) is 0.542. The fraction of sp³-hybridized carbons (Fsp3) is 0.833. The number of carbonyl (C=O) groups is 1. The molecule has 0 aliphatic carbocycles. The Hall–Kier alpha value is -0.620. The third-order valence-electron chi connectivity index (χ3n) is 1.25. The lowest BCUT2D eigenvalue weighted by Gasteiger charge is -1.99. The van der Waals surface area contributed by atoms with Crippen molar-refractivity contribution in [2.45, 2.75) is 12.8 Å². The van der Waals surface area contributed by atoms with Crippen molar-refractivity contribution in [3.63, 3.8) is 0 Å². The van der Waals surface area contributed by atoms with Gasteiger partial charge in [-0.1, -0.05) is 0 Å². The van der Waals surface area contributed by atoms with Crippen LogP contribution in [-0.2, 0) is 14.6 Å². The van der Waals surface area contributed by atoms with Gasteiger partial charge in [0.15, 0.2) is 9.84 Å². The van der Waals surface area contributed by atoms with Crippen molar-refractivity contribution in [3.8, 4) is 0 Å². The second-order valence-corrected chi connectivity index (χ2v) is 4.67. The van der Waals surface area contributed by atoms with Crippen molar-refractivity contribution in [2.75, 3.05) is 18.1 Å². The number of unbranched alkanes of at least 4 members (excludes halogenated alkanes) is 1. The summed E-state index contributed by atoms with van der Waals surface area (Å²) in [5.41, 5.74) is 5.15. The highest BCUT2D eigenvalue weighted by atomic mass is 32.2. The summed E-state index contributed by atoms with van der Waals surface area (Å²) in [6, 6.07) is 0. The summed E-state index contributed by atoms with van der Waals surface area (Å²) < 4.78 is 21.8. The number of nitrogens with two attached hydrogens (primary N) is 1. The Kier molecular flexibility index (Phi) is 4.84. The highest BCUT2D eigenvalue weighted by Crippen LogP contribution is 1.96. The highest BCUT2D eigenvalue weighted by molar-refractivity contribution is 7.92. The molecular formula is C6H13NO4S. The first kappa shape index (κ1) is 11.4. The predicted molar refractivity (Wildman–Crippen MR) is 44.6 cm³/mol. The molecule has 0 atom stereocenters. The van der Waals surface area contributed by atoms with Crippen LogP contribution in [0.15, 0.2) is 0 Å². The Balaban J connectivity index is 3.81. The van der Waals surface area contributed by atoms with E-state index in [1.807, 2.05) is 0 Å². The minimum atomic E-state index is -3.41. The topological polar surface area (TPSA) is 97.5 Å². The van der Waals surface area contributed by atoms with Crippen LogP contribution in [-0.4, -0.2) is 37.5 Å². The number of rotatable bonds is 6. The van der Waals surface area contributed by atoms with E-state index in [1.54, 1.807) is 0 Å². The van der Waals surface area contributed by atoms with Crippen LogP contribution >= 0.6 is 0 Å². The SMILES string of the molecule is NCCCCS(=O)(=O)CC(=O)O. The second kappa shape index (κ2) is 5.10. The molecule has 0 saturated carbocycles. The van der Waals surface area contributed by atoms with Gasteiger partial charge < -0.3 is 10.8 Å². The molecule has 0 amide bonds. The minimum Gasteiger partial charge on any atom is -0.480 e. The van der Waals surface area contributed by atoms with Gasteiger partial charge in [-0.15, -0.1) is 0 Å². The molecule has 3 N–H and O–H groups in total. The van der Waals surface area contributed by atoms with Crippen LogP contribution in [0.1, 0.15) is 12.8 Å². The number of sulfone groups is 1. The normalized spacial score (nSPS) is 11.4. The molecule has 0 aromatic carbocycles. The summed E-state index contributed by atoms with van der Waals surface area (Å²) in [7, 11) is -3.41. The lowest BCUT2D eigenvalue weighted by atomic mass is 10.3. The van der Waals surface area contributed by atoms with Crippen molar-refractivity contribution in [2.24, 2.45) is 5.73 Å². The van der Waals surface area contributed by atoms with Crippen LogP contribution in [0.25, 0.3) is 0 Å². The summed E-state index contributed by atoms with van der Waals surface area (Å²) in [5.74, 6) is -2.17. The third-order valence-corrected chi connectivity index (χ3v) is 2.85. The molecule has 72 valence electrons. The Morgan fingerprint density at radius 1 is 1.33 bits per heavy atom. The lowest BCUT2D eigenvalue weighted by Crippen LogP contribution is -2.18. The van der Waals surface area contributed by atoms with Gasteiger partial charge in [-0.2, -0.15) is 0 Å². The highest BCUT2D eigenvalue weighted by Gasteiger charge is 2.14. The van der Waals surface area contributed by atoms with Crippen molar-refractivity contribution in [3.05, 3.63) is 0 Å². The average Bonchev–Trinajstić information content (AvgIpc) is 1.84. The molecule has 0 radical (unpaired) electrons. The predicted octanol–water partition coefficient (Wildman–Crippen LogP) is -0.775. The summed E-state index contributed by atoms with van der Waals surface area (Å²) in [6.45, 7) is 0.433. The molecular weight excluding hydrogens is 182 g/mol. The number of carboxylic acid groups (broad SMARTS) is 1. The van der Waals surface area contributed by atoms with Crippen molar-refractivity contribution in [1.82, 2.24) is 0 Å². The van der Waals surface area contributed by atoms with Crippen molar-refractivity contribution >= 4 is 15.8 Å². The van der Waals surface area contributed by atoms with Gasteiger partial charge in [0.1, 0.15) is 5.75 Å². The molecule has 0 fully saturated rings. The Labute approximate surface area is 71.5 Å². The van der Waals surface area contributed by atoms with E-state index in [4.69, 9.17) is 10.8 Å². The maximum absolute atomic E-state index is 10.9. The molecule has 0 aromatic heterocycles. The molecule has 0 heterocycles. The van der Waals surface area contributed by atoms with E-state index in [1.165, 1.54) is 0 Å². The van der Waals surface area contributed by atoms with Gasteiger partial charge in [-0.3, -0.25) is 4.79 Å². The van der Waals surface area contributed by atoms with E-state index < -0.39 is 21.6 Å². The van der Waals surface area contributed by atoms with E-state index in [9.17, 15) is 13.2 Å². The molecule has 0 rings (SSSR count). The van der Waals surface area contributed by atoms with Crippen LogP contribution < -0.4 is 5.73 Å². The van der Waals surface area contributed by atoms with Gasteiger partial charge >= 0.3 is 5.97 Å². The molecule has 12 heavy (non-hydrogen) atoms. The van der Waals surface area contributed by atoms with Gasteiger partial charge in [0, 0.05) is 0 Å². The summed E-state index contributed by atoms with van der Waals surface area (Å²) in [6.07, 6.45) is 1.05. The molecule has 0 aliphatic rings. The van der Waals surface area contributed by atoms with Gasteiger partial charge in [-0.25, -0.2) is 8.42 Å². The van der Waals surface area contributed by atoms with E-state index in [-0.39, 0.29) is 5.75 Å². The van der Waals surface area contributed by atoms with E-state index in [0.29, 0.717) is 19.4 Å². The minimum absolute atomic E-state index is 0.0868. The van der Waals surface area contributed by atoms with Gasteiger partial charge in [0.05, 0.1) is 5.75 Å². The third kappa shape index (κ3) is 6.11. The molecule has 0 saturated heterocycles. The number of aliphatic carboxylic acids is 1. The molecule has 0 unspecified atom stereocenters. The second-order valence-electron chi connectivity index (χ2n) is 2.48. The Bertz CT molecular complexity index is 234. The maximum Gasteiger partial charge on any atom is 0.318 e. The van der Waals surface area contributed by atoms with E-state index >= 15 is 0 Å². The van der Waals surface area contributed by atoms with Gasteiger partial charge in [-0.05, 0) is 19.4 Å². The summed E-state index contributed by atoms with van der Waals surface area (Å²) in [4.78, 5) is 10.0. The standard InChI is InChI=1S/C6H13NO4S/c7-3-1-2-4-12(10,11)5-6(8)9/h1-5,7H2,(H,8,9). The van der Waals surface area contributed by atoms with Crippen molar-refractivity contribution in [1.29, 1.82) is 0 Å². The zero-order valence-electron chi connectivity index (χ0n) is 6.69. The van der Waals surface area contributed by atoms with Crippen molar-refractivity contribution < 1.29 is 18.3 Å². The van der Waals surface area contributed by atoms with Gasteiger partial charge in [0.2, 0.25) is 0 Å². The Morgan fingerprint density at radius 3 is 2.33 bits per heavy atom. The first-order chi connectivity index (χ1) is 5.48. The van der Waals surface area contributed by atoms with Gasteiger partial charge in [0.25, 0.3) is 0 Å². The number of hydrogen-bond acceptors (Lipinski definition) is 4. The molecule has 0 aromatic rings. The smallest absolute Gasteiger partial charge is 0.318 e. The average molecular weight is 195 g/mol. The Morgan fingerprint density at radius 2 is 1.92 bits per heavy atom. The zero-order valence-corrected chi connectivity index (χ0v) is 7.51. The fourth-order valence-corrected chi connectivity index (χ4v) is 1.89.